The largest absolute Gasteiger partial charge is 0.456 e. The molecule has 1 amide bonds. The molecule has 3 aliphatic carbocycles. The van der Waals surface area contributed by atoms with Crippen LogP contribution in [0, 0.1) is 16.7 Å². The molecule has 3 aromatic rings. The number of carbonyl (C=O) groups excluding carboxylic acids is 6. The van der Waals surface area contributed by atoms with Crippen LogP contribution in [-0.2, 0) is 42.9 Å². The molecule has 3 fully saturated rings. The predicted molar refractivity (Wildman–Crippen MR) is 217 cm³/mol. The lowest BCUT2D eigenvalue weighted by atomic mass is 9.45. The summed E-state index contributed by atoms with van der Waals surface area (Å²) < 4.78 is 47.2. The highest BCUT2D eigenvalue weighted by molar-refractivity contribution is 5.96. The molecular weight excluding hydrogens is 806 g/mol. The first-order valence-corrected chi connectivity index (χ1v) is 20.4. The third kappa shape index (κ3) is 7.29. The number of hydrogen-bond donors (Lipinski definition) is 3. The van der Waals surface area contributed by atoms with Crippen molar-refractivity contribution in [3.05, 3.63) is 119 Å². The quantitative estimate of drug-likeness (QED) is 0.144. The zero-order valence-corrected chi connectivity index (χ0v) is 35.2. The van der Waals surface area contributed by atoms with Crippen LogP contribution in [-0.4, -0.2) is 100 Å². The van der Waals surface area contributed by atoms with Crippen molar-refractivity contribution in [2.24, 2.45) is 16.7 Å². The number of alkyl halides is 1. The Morgan fingerprint density at radius 1 is 0.839 bits per heavy atom. The van der Waals surface area contributed by atoms with Gasteiger partial charge in [-0.25, -0.2) is 14.0 Å². The Hall–Kier alpha value is -5.77. The van der Waals surface area contributed by atoms with Crippen LogP contribution in [0.4, 0.5) is 4.39 Å². The van der Waals surface area contributed by atoms with E-state index in [0.717, 1.165) is 13.8 Å². The van der Waals surface area contributed by atoms with Crippen LogP contribution in [0.2, 0.25) is 0 Å². The number of rotatable bonds is 10. The second-order valence-electron chi connectivity index (χ2n) is 17.3. The third-order valence-electron chi connectivity index (χ3n) is 13.4. The fourth-order valence-electron chi connectivity index (χ4n) is 10.1. The lowest BCUT2D eigenvalue weighted by Crippen LogP contribution is -2.81. The average Bonchev–Trinajstić information content (AvgIpc) is 3.24. The molecule has 0 radical (unpaired) electrons. The highest BCUT2D eigenvalue weighted by Crippen LogP contribution is 2.65. The van der Waals surface area contributed by atoms with E-state index in [0.29, 0.717) is 5.56 Å². The van der Waals surface area contributed by atoms with Crippen molar-refractivity contribution in [3.8, 4) is 0 Å². The van der Waals surface area contributed by atoms with Gasteiger partial charge in [0.05, 0.1) is 29.5 Å². The van der Waals surface area contributed by atoms with Gasteiger partial charge in [-0.2, -0.15) is 0 Å². The van der Waals surface area contributed by atoms with E-state index >= 15 is 9.18 Å². The zero-order chi connectivity index (χ0) is 44.9. The van der Waals surface area contributed by atoms with E-state index in [-0.39, 0.29) is 28.9 Å². The van der Waals surface area contributed by atoms with E-state index in [9.17, 15) is 34.2 Å². The van der Waals surface area contributed by atoms with E-state index in [2.05, 4.69) is 5.32 Å². The molecule has 4 aliphatic rings. The molecule has 62 heavy (non-hydrogen) atoms. The highest BCUT2D eigenvalue weighted by atomic mass is 19.1. The van der Waals surface area contributed by atoms with E-state index in [1.807, 2.05) is 0 Å². The fraction of sp³-hybridized carbons (Fsp3) is 0.447. The number of fused-ring (bicyclic) bond motifs is 5. The predicted octanol–water partition coefficient (Wildman–Crippen LogP) is 4.71. The summed E-state index contributed by atoms with van der Waals surface area (Å²) in [4.78, 5) is 83.3. The maximum absolute atomic E-state index is 17.2. The van der Waals surface area contributed by atoms with Crippen LogP contribution in [0.15, 0.2) is 102 Å². The number of nitrogens with one attached hydrogen (secondary N) is 1. The number of Topliss-reactive ketones (excluding diaryl/α,β-unsaturated/α-hetero) is 1. The second-order valence-corrected chi connectivity index (χ2v) is 17.3. The van der Waals surface area contributed by atoms with Gasteiger partial charge in [-0.05, 0) is 54.8 Å². The first kappa shape index (κ1) is 44.3. The van der Waals surface area contributed by atoms with Crippen LogP contribution >= 0.6 is 0 Å². The van der Waals surface area contributed by atoms with Gasteiger partial charge >= 0.3 is 23.9 Å². The standard InChI is InChI=1S/C47H50FNO13/c1-25-31(60-43(56)36(52)35(28-16-10-7-11-17-28)49-41(54)29-18-12-8-13-19-29)23-47(57)40(61-42(55)30-20-14-9-15-21-30)38-45(6,32(48)22-33-46(38,24-58-33)62-27(3)51)39(53)37(59-26(2)50)34(25)44(47,4)5/h7-21,31-33,35-38,40,52,57H,22-24H2,1-6H3,(H,49,54)/t31-,32-,33?,35-,36+,37+,38?,40?,45+,46-,47+/m0/s1. The Balaban J connectivity index is 1.39. The van der Waals surface area contributed by atoms with Gasteiger partial charge in [0.2, 0.25) is 0 Å². The summed E-state index contributed by atoms with van der Waals surface area (Å²) in [6.07, 6.45) is -11.6. The number of aliphatic hydroxyl groups is 2. The van der Waals surface area contributed by atoms with Gasteiger partial charge in [-0.15, -0.1) is 0 Å². The smallest absolute Gasteiger partial charge is 0.338 e. The van der Waals surface area contributed by atoms with Crippen molar-refractivity contribution in [3.63, 3.8) is 0 Å². The topological polar surface area (TPSA) is 201 Å². The van der Waals surface area contributed by atoms with Crippen molar-refractivity contribution in [1.29, 1.82) is 0 Å². The van der Waals surface area contributed by atoms with Gasteiger partial charge in [0.1, 0.15) is 30.1 Å². The minimum absolute atomic E-state index is 0.0377. The van der Waals surface area contributed by atoms with Crippen molar-refractivity contribution < 1.29 is 67.1 Å². The molecule has 328 valence electrons. The minimum atomic E-state index is -2.45. The fourth-order valence-corrected chi connectivity index (χ4v) is 10.1. The molecule has 15 heteroatoms. The van der Waals surface area contributed by atoms with Crippen LogP contribution < -0.4 is 5.32 Å². The SMILES string of the molecule is CC(=O)O[C@H]1C(=O)[C@@]2(C)C(C(OC(=O)c3ccccc3)[C@]3(O)C[C@H](OC(=O)[C@H](O)[C@@H](NC(=O)c4ccccc4)c4ccccc4)C(C)=C1C3(C)C)[C@]1(OC(C)=O)COC1C[C@@H]2F. The Morgan fingerprint density at radius 3 is 1.97 bits per heavy atom. The molecule has 1 heterocycles. The second kappa shape index (κ2) is 16.5. The first-order chi connectivity index (χ1) is 29.3. The summed E-state index contributed by atoms with van der Waals surface area (Å²) in [7, 11) is 0. The molecule has 3 unspecified atom stereocenters. The number of benzene rings is 3. The van der Waals surface area contributed by atoms with Crippen molar-refractivity contribution in [2.75, 3.05) is 6.61 Å². The summed E-state index contributed by atoms with van der Waals surface area (Å²) in [5.74, 6) is -7.24. The van der Waals surface area contributed by atoms with Gasteiger partial charge in [-0.1, -0.05) is 80.6 Å². The van der Waals surface area contributed by atoms with Gasteiger partial charge in [-0.3, -0.25) is 19.2 Å². The monoisotopic (exact) mass is 855 g/mol. The number of halogens is 1. The van der Waals surface area contributed by atoms with Crippen LogP contribution in [0.1, 0.15) is 86.7 Å². The minimum Gasteiger partial charge on any atom is -0.456 e. The first-order valence-electron chi connectivity index (χ1n) is 20.4. The summed E-state index contributed by atoms with van der Waals surface area (Å²) in [5, 5.41) is 28.1. The molecule has 14 nitrogen and oxygen atoms in total. The molecular formula is C47H50FNO13. The molecule has 2 bridgehead atoms. The van der Waals surface area contributed by atoms with E-state index in [4.69, 9.17) is 23.7 Å². The number of esters is 4. The third-order valence-corrected chi connectivity index (χ3v) is 13.4. The number of ketones is 1. The molecule has 0 spiro atoms. The van der Waals surface area contributed by atoms with E-state index in [1.54, 1.807) is 78.9 Å². The Labute approximate surface area is 357 Å². The number of carbonyl (C=O) groups is 6. The highest BCUT2D eigenvalue weighted by Gasteiger charge is 2.78. The van der Waals surface area contributed by atoms with Gasteiger partial charge in [0.15, 0.2) is 23.6 Å². The van der Waals surface area contributed by atoms with E-state index in [1.165, 1.54) is 39.8 Å². The molecule has 3 aromatic carbocycles. The molecule has 11 atom stereocenters. The lowest BCUT2D eigenvalue weighted by molar-refractivity contribution is -0.341. The van der Waals surface area contributed by atoms with Crippen LogP contribution in [0.3, 0.4) is 0 Å². The van der Waals surface area contributed by atoms with Gasteiger partial charge in [0.25, 0.3) is 5.91 Å². The Morgan fingerprint density at radius 2 is 1.42 bits per heavy atom. The van der Waals surface area contributed by atoms with Gasteiger partial charge in [0, 0.05) is 37.7 Å². The normalized spacial score (nSPS) is 31.9. The van der Waals surface area contributed by atoms with Crippen molar-refractivity contribution >= 4 is 35.6 Å². The summed E-state index contributed by atoms with van der Waals surface area (Å²) in [5.41, 5.74) is -7.57. The van der Waals surface area contributed by atoms with Crippen LogP contribution in [0.5, 0.6) is 0 Å². The number of amides is 1. The maximum atomic E-state index is 17.2. The van der Waals surface area contributed by atoms with Crippen LogP contribution in [0.25, 0.3) is 0 Å². The molecule has 3 N–H and O–H groups in total. The molecule has 2 saturated carbocycles. The van der Waals surface area contributed by atoms with E-state index < -0.39 is 119 Å². The molecule has 0 aromatic heterocycles. The molecule has 1 aliphatic heterocycles. The molecule has 7 rings (SSSR count). The summed E-state index contributed by atoms with van der Waals surface area (Å²) in [6, 6.07) is 22.7. The number of hydrogen-bond acceptors (Lipinski definition) is 13. The number of ether oxygens (including phenoxy) is 5. The maximum Gasteiger partial charge on any atom is 0.338 e. The van der Waals surface area contributed by atoms with Gasteiger partial charge < -0.3 is 39.2 Å². The summed E-state index contributed by atoms with van der Waals surface area (Å²) in [6.45, 7) is 7.64. The Kier molecular flexibility index (Phi) is 11.8. The van der Waals surface area contributed by atoms with Crippen molar-refractivity contribution in [1.82, 2.24) is 5.32 Å². The Bertz CT molecular complexity index is 2290. The summed E-state index contributed by atoms with van der Waals surface area (Å²) >= 11 is 0. The average molecular weight is 856 g/mol. The zero-order valence-electron chi connectivity index (χ0n) is 35.2. The molecule has 1 saturated heterocycles. The lowest BCUT2D eigenvalue weighted by Gasteiger charge is -2.67. The van der Waals surface area contributed by atoms with Crippen molar-refractivity contribution in [2.45, 2.75) is 108 Å². The number of aliphatic hydroxyl groups excluding tert-OH is 1.